The van der Waals surface area contributed by atoms with Crippen LogP contribution >= 0.6 is 0 Å². The van der Waals surface area contributed by atoms with E-state index in [1.165, 1.54) is 16.8 Å². The second-order valence-corrected chi connectivity index (χ2v) is 8.98. The molecule has 1 unspecified atom stereocenters. The molecule has 0 saturated carbocycles. The van der Waals surface area contributed by atoms with E-state index in [9.17, 15) is 23.1 Å². The molecule has 4 aromatic rings. The molecule has 1 amide bonds. The third kappa shape index (κ3) is 5.00. The number of alkyl halides is 3. The first-order chi connectivity index (χ1) is 16.9. The van der Waals surface area contributed by atoms with Crippen molar-refractivity contribution < 1.29 is 23.1 Å². The van der Waals surface area contributed by atoms with E-state index in [0.29, 0.717) is 23.1 Å². The van der Waals surface area contributed by atoms with Crippen LogP contribution in [0.3, 0.4) is 0 Å². The Hall–Kier alpha value is -4.00. The number of anilines is 1. The van der Waals surface area contributed by atoms with Crippen LogP contribution in [0.25, 0.3) is 16.8 Å². The molecule has 4 heterocycles. The molecule has 4 aromatic heterocycles. The van der Waals surface area contributed by atoms with Gasteiger partial charge in [-0.3, -0.25) is 14.5 Å². The summed E-state index contributed by atoms with van der Waals surface area (Å²) in [5.74, 6) is -0.484. The standard InChI is InChI=1S/C23H25F3N8O2/c1-4-17(13-5-6-18(28-8-13)23(24,25)26)33-11-15(9-29-33)14-7-16(20(36)31-22(2,3)12-35)19-30-21(27)32-34(19)10-14/h5-11,17,35H,4,12H2,1-3H3,(H2,27,32)(H,31,36). The van der Waals surface area contributed by atoms with E-state index in [2.05, 4.69) is 25.5 Å². The van der Waals surface area contributed by atoms with Gasteiger partial charge in [-0.15, -0.1) is 5.10 Å². The Bertz CT molecular complexity index is 1390. The highest BCUT2D eigenvalue weighted by Gasteiger charge is 2.32. The highest BCUT2D eigenvalue weighted by molar-refractivity contribution is 6.01. The van der Waals surface area contributed by atoms with Gasteiger partial charge in [0.2, 0.25) is 5.95 Å². The Morgan fingerprint density at radius 2 is 1.94 bits per heavy atom. The first-order valence-corrected chi connectivity index (χ1v) is 11.1. The number of nitrogens with zero attached hydrogens (tertiary/aromatic N) is 6. The van der Waals surface area contributed by atoms with Crippen LogP contribution in [0.2, 0.25) is 0 Å². The van der Waals surface area contributed by atoms with Gasteiger partial charge in [-0.1, -0.05) is 13.0 Å². The predicted molar refractivity (Wildman–Crippen MR) is 125 cm³/mol. The van der Waals surface area contributed by atoms with Gasteiger partial charge in [0.1, 0.15) is 5.69 Å². The van der Waals surface area contributed by atoms with Crippen molar-refractivity contribution in [2.45, 2.75) is 44.9 Å². The van der Waals surface area contributed by atoms with Crippen molar-refractivity contribution in [3.63, 3.8) is 0 Å². The van der Waals surface area contributed by atoms with E-state index >= 15 is 0 Å². The molecule has 0 fully saturated rings. The number of aromatic nitrogens is 6. The van der Waals surface area contributed by atoms with Crippen molar-refractivity contribution in [2.24, 2.45) is 0 Å². The molecule has 10 nitrogen and oxygen atoms in total. The van der Waals surface area contributed by atoms with Crippen molar-refractivity contribution in [3.05, 3.63) is 59.8 Å². The molecule has 0 aliphatic rings. The van der Waals surface area contributed by atoms with Gasteiger partial charge in [0.05, 0.1) is 29.9 Å². The lowest BCUT2D eigenvalue weighted by molar-refractivity contribution is -0.141. The first-order valence-electron chi connectivity index (χ1n) is 11.1. The van der Waals surface area contributed by atoms with E-state index < -0.39 is 23.3 Å². The fourth-order valence-electron chi connectivity index (χ4n) is 3.74. The summed E-state index contributed by atoms with van der Waals surface area (Å²) >= 11 is 0. The molecule has 0 bridgehead atoms. The number of pyridine rings is 2. The minimum atomic E-state index is -4.51. The molecular formula is C23H25F3N8O2. The largest absolute Gasteiger partial charge is 0.433 e. The number of nitrogen functional groups attached to an aromatic ring is 1. The quantitative estimate of drug-likeness (QED) is 0.353. The Kier molecular flexibility index (Phi) is 6.43. The number of hydrogen-bond donors (Lipinski definition) is 3. The summed E-state index contributed by atoms with van der Waals surface area (Å²) in [4.78, 5) is 20.7. The molecule has 0 aliphatic heterocycles. The van der Waals surface area contributed by atoms with E-state index in [-0.39, 0.29) is 29.8 Å². The number of rotatable bonds is 7. The molecule has 0 spiro atoms. The first kappa shape index (κ1) is 25.1. The van der Waals surface area contributed by atoms with Gasteiger partial charge in [0, 0.05) is 29.7 Å². The minimum absolute atomic E-state index is 0.0147. The lowest BCUT2D eigenvalue weighted by Gasteiger charge is -2.23. The van der Waals surface area contributed by atoms with Crippen molar-refractivity contribution >= 4 is 17.5 Å². The smallest absolute Gasteiger partial charge is 0.394 e. The highest BCUT2D eigenvalue weighted by atomic mass is 19.4. The Morgan fingerprint density at radius 1 is 1.19 bits per heavy atom. The number of fused-ring (bicyclic) bond motifs is 1. The molecule has 4 N–H and O–H groups in total. The van der Waals surface area contributed by atoms with E-state index in [1.807, 2.05) is 6.92 Å². The summed E-state index contributed by atoms with van der Waals surface area (Å²) in [5, 5.41) is 20.8. The molecule has 4 rings (SSSR count). The number of halogens is 3. The molecule has 13 heteroatoms. The van der Waals surface area contributed by atoms with Crippen LogP contribution in [0.15, 0.2) is 43.0 Å². The zero-order valence-electron chi connectivity index (χ0n) is 19.8. The normalized spacial score (nSPS) is 13.2. The molecule has 0 aromatic carbocycles. The van der Waals surface area contributed by atoms with Gasteiger partial charge >= 0.3 is 6.18 Å². The average Bonchev–Trinajstić information content (AvgIpc) is 3.44. The molecule has 0 aliphatic carbocycles. The lowest BCUT2D eigenvalue weighted by atomic mass is 10.0. The number of nitrogens with two attached hydrogens (primary N) is 1. The van der Waals surface area contributed by atoms with Gasteiger partial charge in [-0.2, -0.15) is 23.3 Å². The van der Waals surface area contributed by atoms with Gasteiger partial charge < -0.3 is 16.2 Å². The number of amides is 1. The number of aliphatic hydroxyl groups is 1. The molecule has 0 radical (unpaired) electrons. The maximum absolute atomic E-state index is 13.0. The summed E-state index contributed by atoms with van der Waals surface area (Å²) in [7, 11) is 0. The number of carbonyl (C=O) groups excluding carboxylic acids is 1. The summed E-state index contributed by atoms with van der Waals surface area (Å²) in [6.07, 6.45) is 2.20. The fraction of sp³-hybridized carbons (Fsp3) is 0.348. The molecule has 36 heavy (non-hydrogen) atoms. The highest BCUT2D eigenvalue weighted by Crippen LogP contribution is 2.30. The maximum atomic E-state index is 13.0. The van der Waals surface area contributed by atoms with Gasteiger partial charge in [0.25, 0.3) is 5.91 Å². The second kappa shape index (κ2) is 9.22. The van der Waals surface area contributed by atoms with Gasteiger partial charge in [-0.25, -0.2) is 4.52 Å². The van der Waals surface area contributed by atoms with Gasteiger partial charge in [0.15, 0.2) is 5.65 Å². The molecule has 1 atom stereocenters. The molecule has 0 saturated heterocycles. The Balaban J connectivity index is 1.70. The van der Waals surface area contributed by atoms with Crippen LogP contribution in [0.1, 0.15) is 54.8 Å². The van der Waals surface area contributed by atoms with Crippen LogP contribution in [0.4, 0.5) is 19.1 Å². The van der Waals surface area contributed by atoms with Crippen molar-refractivity contribution in [1.82, 2.24) is 34.7 Å². The van der Waals surface area contributed by atoms with Crippen molar-refractivity contribution in [3.8, 4) is 11.1 Å². The van der Waals surface area contributed by atoms with E-state index in [0.717, 1.165) is 6.07 Å². The Labute approximate surface area is 204 Å². The van der Waals surface area contributed by atoms with Crippen LogP contribution in [0.5, 0.6) is 0 Å². The van der Waals surface area contributed by atoms with Crippen LogP contribution in [0, 0.1) is 0 Å². The van der Waals surface area contributed by atoms with Crippen molar-refractivity contribution in [2.75, 3.05) is 12.3 Å². The number of hydrogen-bond acceptors (Lipinski definition) is 7. The SMILES string of the molecule is CCC(c1ccc(C(F)(F)F)nc1)n1cc(-c2cc(C(=O)NC(C)(C)CO)c3nc(N)nn3c2)cn1. The maximum Gasteiger partial charge on any atom is 0.433 e. The van der Waals surface area contributed by atoms with Crippen molar-refractivity contribution in [1.29, 1.82) is 0 Å². The summed E-state index contributed by atoms with van der Waals surface area (Å²) in [6, 6.07) is 3.60. The predicted octanol–water partition coefficient (Wildman–Crippen LogP) is 3.09. The van der Waals surface area contributed by atoms with E-state index in [1.54, 1.807) is 43.2 Å². The third-order valence-electron chi connectivity index (χ3n) is 5.64. The van der Waals surface area contributed by atoms with Crippen LogP contribution < -0.4 is 11.1 Å². The number of carbonyl (C=O) groups is 1. The third-order valence-corrected chi connectivity index (χ3v) is 5.64. The number of aliphatic hydroxyl groups excluding tert-OH is 1. The molecular weight excluding hydrogens is 477 g/mol. The van der Waals surface area contributed by atoms with E-state index in [4.69, 9.17) is 5.73 Å². The van der Waals surface area contributed by atoms with Crippen LogP contribution in [-0.2, 0) is 6.18 Å². The topological polar surface area (TPSA) is 136 Å². The zero-order chi connectivity index (χ0) is 26.3. The second-order valence-electron chi connectivity index (χ2n) is 8.98. The van der Waals surface area contributed by atoms with Gasteiger partial charge in [-0.05, 0) is 38.0 Å². The lowest BCUT2D eigenvalue weighted by Crippen LogP contribution is -2.46. The average molecular weight is 503 g/mol. The minimum Gasteiger partial charge on any atom is -0.394 e. The van der Waals surface area contributed by atoms with Crippen LogP contribution in [-0.4, -0.2) is 52.5 Å². The Morgan fingerprint density at radius 3 is 2.56 bits per heavy atom. The summed E-state index contributed by atoms with van der Waals surface area (Å²) in [6.45, 7) is 4.97. The zero-order valence-corrected chi connectivity index (χ0v) is 19.8. The summed E-state index contributed by atoms with van der Waals surface area (Å²) < 4.78 is 41.7. The molecule has 190 valence electrons. The summed E-state index contributed by atoms with van der Waals surface area (Å²) in [5.41, 5.74) is 6.18. The number of nitrogens with one attached hydrogen (secondary N) is 1. The monoisotopic (exact) mass is 502 g/mol. The fourth-order valence-corrected chi connectivity index (χ4v) is 3.74.